The van der Waals surface area contributed by atoms with Gasteiger partial charge in [-0.25, -0.2) is 4.98 Å². The quantitative estimate of drug-likeness (QED) is 0.728. The average molecular weight is 347 g/mol. The summed E-state index contributed by atoms with van der Waals surface area (Å²) in [5, 5.41) is 0. The number of carbonyl (C=O) groups excluding carboxylic acids is 1. The molecule has 0 N–H and O–H groups in total. The lowest BCUT2D eigenvalue weighted by Crippen LogP contribution is -2.38. The maximum Gasteiger partial charge on any atom is 0.253 e. The molecule has 1 aliphatic heterocycles. The van der Waals surface area contributed by atoms with Crippen molar-refractivity contribution in [1.82, 2.24) is 24.4 Å². The number of amides is 1. The molecule has 1 fully saturated rings. The van der Waals surface area contributed by atoms with Crippen molar-refractivity contribution in [3.05, 3.63) is 78.4 Å². The van der Waals surface area contributed by atoms with Gasteiger partial charge in [0.2, 0.25) is 0 Å². The van der Waals surface area contributed by atoms with Gasteiger partial charge in [0.15, 0.2) is 0 Å². The van der Waals surface area contributed by atoms with Gasteiger partial charge in [-0.2, -0.15) is 0 Å². The SMILES string of the molecule is O=C(c1ccncc1)N1CCC(c2nccn2Cc2ccncc2)CC1. The van der Waals surface area contributed by atoms with Crippen molar-refractivity contribution in [3.8, 4) is 0 Å². The van der Waals surface area contributed by atoms with Crippen LogP contribution in [0.3, 0.4) is 0 Å². The highest BCUT2D eigenvalue weighted by molar-refractivity contribution is 5.94. The van der Waals surface area contributed by atoms with E-state index >= 15 is 0 Å². The Labute approximate surface area is 152 Å². The molecule has 0 spiro atoms. The zero-order valence-corrected chi connectivity index (χ0v) is 14.5. The highest BCUT2D eigenvalue weighted by Gasteiger charge is 2.26. The molecule has 6 nitrogen and oxygen atoms in total. The minimum absolute atomic E-state index is 0.0889. The fourth-order valence-electron chi connectivity index (χ4n) is 3.52. The summed E-state index contributed by atoms with van der Waals surface area (Å²) in [6.07, 6.45) is 12.7. The first-order valence-corrected chi connectivity index (χ1v) is 8.90. The molecule has 1 aliphatic rings. The second kappa shape index (κ2) is 7.47. The third kappa shape index (κ3) is 3.49. The van der Waals surface area contributed by atoms with E-state index in [0.29, 0.717) is 11.5 Å². The molecule has 4 rings (SSSR count). The zero-order valence-electron chi connectivity index (χ0n) is 14.5. The van der Waals surface area contributed by atoms with E-state index in [1.54, 1.807) is 24.5 Å². The first-order valence-electron chi connectivity index (χ1n) is 8.90. The molecule has 26 heavy (non-hydrogen) atoms. The zero-order chi connectivity index (χ0) is 17.8. The van der Waals surface area contributed by atoms with E-state index in [9.17, 15) is 4.79 Å². The summed E-state index contributed by atoms with van der Waals surface area (Å²) in [7, 11) is 0. The Kier molecular flexibility index (Phi) is 4.73. The minimum atomic E-state index is 0.0889. The number of likely N-dealkylation sites (tertiary alicyclic amines) is 1. The van der Waals surface area contributed by atoms with Crippen LogP contribution >= 0.6 is 0 Å². The molecular weight excluding hydrogens is 326 g/mol. The molecule has 0 unspecified atom stereocenters. The number of carbonyl (C=O) groups is 1. The predicted molar refractivity (Wildman–Crippen MR) is 97.7 cm³/mol. The van der Waals surface area contributed by atoms with E-state index in [-0.39, 0.29) is 5.91 Å². The summed E-state index contributed by atoms with van der Waals surface area (Å²) in [6, 6.07) is 7.60. The van der Waals surface area contributed by atoms with Crippen molar-refractivity contribution in [2.24, 2.45) is 0 Å². The van der Waals surface area contributed by atoms with Crippen LogP contribution < -0.4 is 0 Å². The summed E-state index contributed by atoms with van der Waals surface area (Å²) >= 11 is 0. The van der Waals surface area contributed by atoms with Crippen LogP contribution in [0.25, 0.3) is 0 Å². The van der Waals surface area contributed by atoms with Crippen LogP contribution in [0.15, 0.2) is 61.4 Å². The first-order chi connectivity index (χ1) is 12.8. The second-order valence-electron chi connectivity index (χ2n) is 6.57. The summed E-state index contributed by atoms with van der Waals surface area (Å²) in [6.45, 7) is 2.32. The van der Waals surface area contributed by atoms with Crippen LogP contribution in [-0.4, -0.2) is 43.4 Å². The number of aromatic nitrogens is 4. The van der Waals surface area contributed by atoms with Crippen LogP contribution in [0, 0.1) is 0 Å². The molecule has 0 aliphatic carbocycles. The van der Waals surface area contributed by atoms with Crippen molar-refractivity contribution >= 4 is 5.91 Å². The highest BCUT2D eigenvalue weighted by Crippen LogP contribution is 2.28. The van der Waals surface area contributed by atoms with E-state index in [1.165, 1.54) is 5.56 Å². The largest absolute Gasteiger partial charge is 0.339 e. The first kappa shape index (κ1) is 16.4. The Morgan fingerprint density at radius 3 is 2.31 bits per heavy atom. The van der Waals surface area contributed by atoms with Crippen molar-refractivity contribution in [1.29, 1.82) is 0 Å². The second-order valence-corrected chi connectivity index (χ2v) is 6.57. The van der Waals surface area contributed by atoms with Gasteiger partial charge in [-0.05, 0) is 42.7 Å². The number of piperidine rings is 1. The molecule has 0 aromatic carbocycles. The van der Waals surface area contributed by atoms with Gasteiger partial charge in [0.05, 0.1) is 0 Å². The Morgan fingerprint density at radius 2 is 1.62 bits per heavy atom. The summed E-state index contributed by atoms with van der Waals surface area (Å²) in [5.74, 6) is 1.58. The molecule has 3 aromatic heterocycles. The normalized spacial score (nSPS) is 15.2. The van der Waals surface area contributed by atoms with Crippen LogP contribution in [0.1, 0.15) is 40.5 Å². The maximum atomic E-state index is 12.6. The lowest BCUT2D eigenvalue weighted by molar-refractivity contribution is 0.0710. The Bertz CT molecular complexity index is 854. The number of imidazole rings is 1. The summed E-state index contributed by atoms with van der Waals surface area (Å²) in [5.41, 5.74) is 1.92. The average Bonchev–Trinajstić information content (AvgIpc) is 3.17. The van der Waals surface area contributed by atoms with E-state index in [0.717, 1.165) is 38.3 Å². The van der Waals surface area contributed by atoms with E-state index < -0.39 is 0 Å². The minimum Gasteiger partial charge on any atom is -0.339 e. The Hall–Kier alpha value is -3.02. The molecular formula is C20H21N5O. The lowest BCUT2D eigenvalue weighted by Gasteiger charge is -2.32. The molecule has 1 amide bonds. The standard InChI is InChI=1S/C20H21N5O/c26-20(18-3-9-22-10-4-18)24-12-5-17(6-13-24)19-23-11-14-25(19)15-16-1-7-21-8-2-16/h1-4,7-11,14,17H,5-6,12-13,15H2. The van der Waals surface area contributed by atoms with Crippen LogP contribution in [0.2, 0.25) is 0 Å². The van der Waals surface area contributed by atoms with Gasteiger partial charge in [0.25, 0.3) is 5.91 Å². The summed E-state index contributed by atoms with van der Waals surface area (Å²) < 4.78 is 2.21. The van der Waals surface area contributed by atoms with Gasteiger partial charge in [-0.3, -0.25) is 14.8 Å². The van der Waals surface area contributed by atoms with Gasteiger partial charge in [-0.15, -0.1) is 0 Å². The van der Waals surface area contributed by atoms with Gasteiger partial charge < -0.3 is 9.47 Å². The van der Waals surface area contributed by atoms with Crippen LogP contribution in [0.5, 0.6) is 0 Å². The smallest absolute Gasteiger partial charge is 0.253 e. The molecule has 6 heteroatoms. The molecule has 0 saturated carbocycles. The fraction of sp³-hybridized carbons (Fsp3) is 0.300. The fourth-order valence-corrected chi connectivity index (χ4v) is 3.52. The van der Waals surface area contributed by atoms with Gasteiger partial charge in [0, 0.05) is 68.3 Å². The number of nitrogens with zero attached hydrogens (tertiary/aromatic N) is 5. The Morgan fingerprint density at radius 1 is 0.962 bits per heavy atom. The molecule has 1 saturated heterocycles. The molecule has 0 atom stereocenters. The molecule has 4 heterocycles. The van der Waals surface area contributed by atoms with E-state index in [4.69, 9.17) is 0 Å². The highest BCUT2D eigenvalue weighted by atomic mass is 16.2. The monoisotopic (exact) mass is 347 g/mol. The van der Waals surface area contributed by atoms with Gasteiger partial charge in [0.1, 0.15) is 5.82 Å². The number of pyridine rings is 2. The lowest BCUT2D eigenvalue weighted by atomic mass is 9.95. The van der Waals surface area contributed by atoms with Crippen molar-refractivity contribution in [3.63, 3.8) is 0 Å². The molecule has 132 valence electrons. The third-order valence-corrected chi connectivity index (χ3v) is 4.92. The number of hydrogen-bond acceptors (Lipinski definition) is 4. The van der Waals surface area contributed by atoms with Crippen molar-refractivity contribution in [2.75, 3.05) is 13.1 Å². The van der Waals surface area contributed by atoms with Crippen molar-refractivity contribution < 1.29 is 4.79 Å². The van der Waals surface area contributed by atoms with E-state index in [1.807, 2.05) is 41.8 Å². The number of hydrogen-bond donors (Lipinski definition) is 0. The predicted octanol–water partition coefficient (Wildman–Crippen LogP) is 2.74. The molecule has 3 aromatic rings. The van der Waals surface area contributed by atoms with Gasteiger partial charge in [-0.1, -0.05) is 0 Å². The molecule has 0 bridgehead atoms. The van der Waals surface area contributed by atoms with E-state index in [2.05, 4.69) is 19.5 Å². The Balaban J connectivity index is 1.41. The van der Waals surface area contributed by atoms with Crippen molar-refractivity contribution in [2.45, 2.75) is 25.3 Å². The van der Waals surface area contributed by atoms with Crippen LogP contribution in [-0.2, 0) is 6.54 Å². The van der Waals surface area contributed by atoms with Crippen LogP contribution in [0.4, 0.5) is 0 Å². The van der Waals surface area contributed by atoms with Gasteiger partial charge >= 0.3 is 0 Å². The molecule has 0 radical (unpaired) electrons. The third-order valence-electron chi connectivity index (χ3n) is 4.92. The summed E-state index contributed by atoms with van der Waals surface area (Å²) in [4.78, 5) is 27.2. The maximum absolute atomic E-state index is 12.6. The number of rotatable bonds is 4. The topological polar surface area (TPSA) is 63.9 Å².